The molecule has 1 aromatic rings. The van der Waals surface area contributed by atoms with Gasteiger partial charge >= 0.3 is 0 Å². The van der Waals surface area contributed by atoms with Crippen molar-refractivity contribution in [2.75, 3.05) is 13.6 Å². The highest BCUT2D eigenvalue weighted by Crippen LogP contribution is 2.39. The first-order valence-corrected chi connectivity index (χ1v) is 7.20. The first-order chi connectivity index (χ1) is 7.72. The maximum absolute atomic E-state index is 4.85. The Hall–Kier alpha value is -0.410. The minimum absolute atomic E-state index is 0.565. The molecule has 0 radical (unpaired) electrons. The SMILES string of the molecule is CNCC(c1csc(C2CCC2)n1)C(C)C. The number of nitrogens with zero attached hydrogens (tertiary/aromatic N) is 1. The van der Waals surface area contributed by atoms with E-state index in [1.807, 2.05) is 18.4 Å². The molecule has 1 fully saturated rings. The highest BCUT2D eigenvalue weighted by molar-refractivity contribution is 7.09. The number of rotatable bonds is 5. The van der Waals surface area contributed by atoms with Crippen LogP contribution in [0.5, 0.6) is 0 Å². The average molecular weight is 238 g/mol. The number of nitrogens with one attached hydrogen (secondary N) is 1. The molecule has 16 heavy (non-hydrogen) atoms. The van der Waals surface area contributed by atoms with Gasteiger partial charge in [-0.2, -0.15) is 0 Å². The summed E-state index contributed by atoms with van der Waals surface area (Å²) >= 11 is 1.87. The Morgan fingerprint density at radius 1 is 1.50 bits per heavy atom. The Labute approximate surface area is 102 Å². The largest absolute Gasteiger partial charge is 0.319 e. The zero-order valence-electron chi connectivity index (χ0n) is 10.5. The molecule has 0 aromatic carbocycles. The molecule has 2 rings (SSSR count). The second-order valence-corrected chi connectivity index (χ2v) is 6.04. The van der Waals surface area contributed by atoms with Gasteiger partial charge in [-0.1, -0.05) is 20.3 Å². The molecule has 1 saturated carbocycles. The van der Waals surface area contributed by atoms with Gasteiger partial charge in [-0.25, -0.2) is 4.98 Å². The molecular formula is C13H22N2S. The van der Waals surface area contributed by atoms with Gasteiger partial charge in [-0.05, 0) is 25.8 Å². The Morgan fingerprint density at radius 3 is 2.75 bits per heavy atom. The van der Waals surface area contributed by atoms with Crippen LogP contribution in [0.4, 0.5) is 0 Å². The molecule has 1 aliphatic rings. The molecule has 90 valence electrons. The number of likely N-dealkylation sites (N-methyl/N-ethyl adjacent to an activating group) is 1. The van der Waals surface area contributed by atoms with Crippen LogP contribution in [-0.4, -0.2) is 18.6 Å². The van der Waals surface area contributed by atoms with Crippen molar-refractivity contribution >= 4 is 11.3 Å². The lowest BCUT2D eigenvalue weighted by Gasteiger charge is -2.23. The second kappa shape index (κ2) is 5.28. The summed E-state index contributed by atoms with van der Waals surface area (Å²) in [5, 5.41) is 6.93. The predicted octanol–water partition coefficient (Wildman–Crippen LogP) is 3.37. The fraction of sp³-hybridized carbons (Fsp3) is 0.769. The zero-order chi connectivity index (χ0) is 11.5. The van der Waals surface area contributed by atoms with Gasteiger partial charge in [-0.15, -0.1) is 11.3 Å². The summed E-state index contributed by atoms with van der Waals surface area (Å²) in [5.41, 5.74) is 1.30. The summed E-state index contributed by atoms with van der Waals surface area (Å²) < 4.78 is 0. The van der Waals surface area contributed by atoms with Crippen LogP contribution < -0.4 is 5.32 Å². The quantitative estimate of drug-likeness (QED) is 0.850. The predicted molar refractivity (Wildman–Crippen MR) is 70.2 cm³/mol. The van der Waals surface area contributed by atoms with Gasteiger partial charge in [0.2, 0.25) is 0 Å². The van der Waals surface area contributed by atoms with Gasteiger partial charge < -0.3 is 5.32 Å². The summed E-state index contributed by atoms with van der Waals surface area (Å²) in [6, 6.07) is 0. The summed E-state index contributed by atoms with van der Waals surface area (Å²) in [5.74, 6) is 2.00. The molecule has 1 aromatic heterocycles. The van der Waals surface area contributed by atoms with Gasteiger partial charge in [-0.3, -0.25) is 0 Å². The maximum Gasteiger partial charge on any atom is 0.0959 e. The fourth-order valence-electron chi connectivity index (χ4n) is 2.22. The highest BCUT2D eigenvalue weighted by atomic mass is 32.1. The fourth-order valence-corrected chi connectivity index (χ4v) is 3.27. The summed E-state index contributed by atoms with van der Waals surface area (Å²) in [4.78, 5) is 4.85. The van der Waals surface area contributed by atoms with Gasteiger partial charge in [0, 0.05) is 23.8 Å². The summed E-state index contributed by atoms with van der Waals surface area (Å²) in [6.45, 7) is 5.60. The van der Waals surface area contributed by atoms with Crippen LogP contribution in [0.15, 0.2) is 5.38 Å². The normalized spacial score (nSPS) is 18.8. The van der Waals surface area contributed by atoms with E-state index in [1.54, 1.807) is 0 Å². The molecule has 1 unspecified atom stereocenters. The molecule has 0 aliphatic heterocycles. The molecule has 1 N–H and O–H groups in total. The van der Waals surface area contributed by atoms with E-state index < -0.39 is 0 Å². The molecule has 3 heteroatoms. The van der Waals surface area contributed by atoms with Gasteiger partial charge in [0.05, 0.1) is 10.7 Å². The monoisotopic (exact) mass is 238 g/mol. The molecule has 1 atom stereocenters. The van der Waals surface area contributed by atoms with E-state index in [0.717, 1.165) is 12.5 Å². The molecule has 1 heterocycles. The van der Waals surface area contributed by atoms with E-state index in [0.29, 0.717) is 11.8 Å². The average Bonchev–Trinajstić information content (AvgIpc) is 2.59. The van der Waals surface area contributed by atoms with Crippen LogP contribution in [-0.2, 0) is 0 Å². The Kier molecular flexibility index (Phi) is 3.98. The zero-order valence-corrected chi connectivity index (χ0v) is 11.3. The van der Waals surface area contributed by atoms with Crippen molar-refractivity contribution in [3.05, 3.63) is 16.1 Å². The van der Waals surface area contributed by atoms with E-state index in [2.05, 4.69) is 24.5 Å². The van der Waals surface area contributed by atoms with E-state index >= 15 is 0 Å². The number of thiazole rings is 1. The Bertz CT molecular complexity index is 328. The number of hydrogen-bond donors (Lipinski definition) is 1. The van der Waals surface area contributed by atoms with Gasteiger partial charge in [0.15, 0.2) is 0 Å². The minimum atomic E-state index is 0.565. The van der Waals surface area contributed by atoms with E-state index in [1.165, 1.54) is 30.0 Å². The topological polar surface area (TPSA) is 24.9 Å². The number of aromatic nitrogens is 1. The smallest absolute Gasteiger partial charge is 0.0959 e. The van der Waals surface area contributed by atoms with Crippen LogP contribution in [0, 0.1) is 5.92 Å². The summed E-state index contributed by atoms with van der Waals surface area (Å²) in [7, 11) is 2.02. The molecule has 0 amide bonds. The van der Waals surface area contributed by atoms with Crippen LogP contribution in [0.3, 0.4) is 0 Å². The molecule has 0 bridgehead atoms. The molecule has 2 nitrogen and oxygen atoms in total. The van der Waals surface area contributed by atoms with Crippen LogP contribution >= 0.6 is 11.3 Å². The summed E-state index contributed by atoms with van der Waals surface area (Å²) in [6.07, 6.45) is 4.10. The van der Waals surface area contributed by atoms with Crippen molar-refractivity contribution in [3.63, 3.8) is 0 Å². The van der Waals surface area contributed by atoms with Crippen molar-refractivity contribution in [2.45, 2.75) is 44.9 Å². The first-order valence-electron chi connectivity index (χ1n) is 6.32. The third-order valence-electron chi connectivity index (χ3n) is 3.60. The molecule has 0 spiro atoms. The van der Waals surface area contributed by atoms with Crippen molar-refractivity contribution in [2.24, 2.45) is 5.92 Å². The molecule has 1 aliphatic carbocycles. The van der Waals surface area contributed by atoms with Crippen LogP contribution in [0.2, 0.25) is 0 Å². The highest BCUT2D eigenvalue weighted by Gasteiger charge is 2.25. The third-order valence-corrected chi connectivity index (χ3v) is 4.63. The van der Waals surface area contributed by atoms with Crippen LogP contribution in [0.1, 0.15) is 55.6 Å². The van der Waals surface area contributed by atoms with Gasteiger partial charge in [0.1, 0.15) is 0 Å². The Balaban J connectivity index is 2.08. The minimum Gasteiger partial charge on any atom is -0.319 e. The molecule has 0 saturated heterocycles. The van der Waals surface area contributed by atoms with Crippen molar-refractivity contribution in [1.82, 2.24) is 10.3 Å². The lowest BCUT2D eigenvalue weighted by atomic mass is 9.86. The number of hydrogen-bond acceptors (Lipinski definition) is 3. The second-order valence-electron chi connectivity index (χ2n) is 5.15. The van der Waals surface area contributed by atoms with Gasteiger partial charge in [0.25, 0.3) is 0 Å². The van der Waals surface area contributed by atoms with E-state index in [4.69, 9.17) is 4.98 Å². The van der Waals surface area contributed by atoms with Crippen molar-refractivity contribution in [1.29, 1.82) is 0 Å². The lowest BCUT2D eigenvalue weighted by Crippen LogP contribution is -2.21. The van der Waals surface area contributed by atoms with Crippen molar-refractivity contribution < 1.29 is 0 Å². The lowest BCUT2D eigenvalue weighted by molar-refractivity contribution is 0.414. The van der Waals surface area contributed by atoms with Crippen LogP contribution in [0.25, 0.3) is 0 Å². The Morgan fingerprint density at radius 2 is 2.25 bits per heavy atom. The first kappa shape index (κ1) is 12.1. The van der Waals surface area contributed by atoms with Crippen molar-refractivity contribution in [3.8, 4) is 0 Å². The van der Waals surface area contributed by atoms with E-state index in [-0.39, 0.29) is 0 Å². The van der Waals surface area contributed by atoms with E-state index in [9.17, 15) is 0 Å². The maximum atomic E-state index is 4.85. The standard InChI is InChI=1S/C13H22N2S/c1-9(2)11(7-14-3)12-8-16-13(15-12)10-5-4-6-10/h8-11,14H,4-7H2,1-3H3. The molecular weight excluding hydrogens is 216 g/mol. The third kappa shape index (κ3) is 2.46.